The van der Waals surface area contributed by atoms with E-state index >= 15 is 0 Å². The Balaban J connectivity index is 1.18. The van der Waals surface area contributed by atoms with Crippen LogP contribution in [0.2, 0.25) is 0 Å². The molecule has 6 atom stereocenters. The number of aromatic nitrogens is 4. The lowest BCUT2D eigenvalue weighted by molar-refractivity contribution is -0.171. The lowest BCUT2D eigenvalue weighted by Gasteiger charge is -2.53. The summed E-state index contributed by atoms with van der Waals surface area (Å²) >= 11 is 1.50. The number of hydrogen-bond donors (Lipinski definition) is 2. The van der Waals surface area contributed by atoms with E-state index in [0.717, 1.165) is 74.9 Å². The molecule has 14 heteroatoms. The monoisotopic (exact) mass is 834 g/mol. The van der Waals surface area contributed by atoms with E-state index in [1.54, 1.807) is 12.1 Å². The van der Waals surface area contributed by atoms with Crippen LogP contribution in [0.4, 0.5) is 0 Å². The molecule has 2 aliphatic carbocycles. The van der Waals surface area contributed by atoms with Gasteiger partial charge in [0.05, 0.1) is 34.8 Å². The zero-order valence-electron chi connectivity index (χ0n) is 36.1. The van der Waals surface area contributed by atoms with Crippen molar-refractivity contribution in [1.82, 2.24) is 40.4 Å². The van der Waals surface area contributed by atoms with Gasteiger partial charge in [-0.25, -0.2) is 10.4 Å². The van der Waals surface area contributed by atoms with Crippen molar-refractivity contribution in [2.24, 2.45) is 29.1 Å². The number of rotatable bonds is 7. The van der Waals surface area contributed by atoms with Crippen molar-refractivity contribution in [2.45, 2.75) is 104 Å². The van der Waals surface area contributed by atoms with Crippen LogP contribution in [0.15, 0.2) is 35.7 Å². The molecule has 1 aromatic carbocycles. The van der Waals surface area contributed by atoms with Crippen molar-refractivity contribution in [3.05, 3.63) is 57.7 Å². The highest BCUT2D eigenvalue weighted by molar-refractivity contribution is 7.10. The van der Waals surface area contributed by atoms with E-state index in [-0.39, 0.29) is 66.6 Å². The van der Waals surface area contributed by atoms with E-state index in [1.807, 2.05) is 12.3 Å². The molecule has 4 fully saturated rings. The molecule has 6 aliphatic rings. The second-order valence-corrected chi connectivity index (χ2v) is 19.7. The predicted molar refractivity (Wildman–Crippen MR) is 231 cm³/mol. The number of fused-ring (bicyclic) bond motifs is 4. The maximum Gasteiger partial charge on any atom is 0.325 e. The topological polar surface area (TPSA) is 144 Å². The van der Waals surface area contributed by atoms with Crippen molar-refractivity contribution < 1.29 is 23.9 Å². The summed E-state index contributed by atoms with van der Waals surface area (Å²) in [5.74, 6) is -0.231. The number of esters is 1. The number of carbonyl (C=O) groups excluding carboxylic acids is 3. The highest BCUT2D eigenvalue weighted by Gasteiger charge is 2.53. The molecule has 7 heterocycles. The molecule has 0 spiro atoms. The average Bonchev–Trinajstić information content (AvgIpc) is 3.50. The molecule has 2 saturated heterocycles. The number of amides is 2. The summed E-state index contributed by atoms with van der Waals surface area (Å²) < 4.78 is 14.5. The molecular weight excluding hydrogens is 777 g/mol. The van der Waals surface area contributed by atoms with E-state index in [9.17, 15) is 14.4 Å². The molecule has 60 heavy (non-hydrogen) atoms. The Hall–Kier alpha value is -4.50. The van der Waals surface area contributed by atoms with Gasteiger partial charge in [-0.3, -0.25) is 19.4 Å². The summed E-state index contributed by atoms with van der Waals surface area (Å²) in [5.41, 5.74) is 11.6. The van der Waals surface area contributed by atoms with Gasteiger partial charge in [0.1, 0.15) is 17.8 Å². The Morgan fingerprint density at radius 1 is 1.13 bits per heavy atom. The zero-order chi connectivity index (χ0) is 42.2. The molecule has 2 N–H and O–H groups in total. The van der Waals surface area contributed by atoms with Crippen molar-refractivity contribution >= 4 is 45.6 Å². The van der Waals surface area contributed by atoms with Crippen LogP contribution in [0.5, 0.6) is 0 Å². The van der Waals surface area contributed by atoms with E-state index in [2.05, 4.69) is 92.2 Å². The Morgan fingerprint density at radius 3 is 2.62 bits per heavy atom. The van der Waals surface area contributed by atoms with Gasteiger partial charge in [0, 0.05) is 77.9 Å². The summed E-state index contributed by atoms with van der Waals surface area (Å²) in [7, 11) is 3.83. The molecule has 13 nitrogen and oxygen atoms in total. The summed E-state index contributed by atoms with van der Waals surface area (Å²) in [5, 5.41) is 18.3. The molecule has 318 valence electrons. The minimum Gasteiger partial charge on any atom is -0.464 e. The molecule has 4 aromatic rings. The number of aryl methyl sites for hydroxylation is 1. The van der Waals surface area contributed by atoms with Gasteiger partial charge in [0.2, 0.25) is 5.91 Å². The summed E-state index contributed by atoms with van der Waals surface area (Å²) in [6, 6.07) is 7.19. The number of thiazole rings is 1. The van der Waals surface area contributed by atoms with Crippen LogP contribution in [0.1, 0.15) is 88.9 Å². The molecule has 0 radical (unpaired) electrons. The number of hydrogen-bond acceptors (Lipinski definition) is 11. The Bertz CT molecular complexity index is 2370. The number of ether oxygens (including phenoxy) is 2. The van der Waals surface area contributed by atoms with E-state index in [1.165, 1.54) is 16.9 Å². The van der Waals surface area contributed by atoms with E-state index in [4.69, 9.17) is 24.7 Å². The van der Waals surface area contributed by atoms with Crippen LogP contribution in [-0.2, 0) is 43.2 Å². The fourth-order valence-corrected chi connectivity index (χ4v) is 10.7. The van der Waals surface area contributed by atoms with Crippen molar-refractivity contribution in [1.29, 1.82) is 0 Å². The molecule has 3 aromatic heterocycles. The first-order chi connectivity index (χ1) is 28.7. The van der Waals surface area contributed by atoms with Gasteiger partial charge in [-0.1, -0.05) is 39.8 Å². The van der Waals surface area contributed by atoms with Crippen LogP contribution < -0.4 is 10.7 Å². The van der Waals surface area contributed by atoms with Gasteiger partial charge >= 0.3 is 5.97 Å². The minimum absolute atomic E-state index is 0.0468. The number of nitrogens with zero attached hydrogens (tertiary/aromatic N) is 6. The lowest BCUT2D eigenvalue weighted by Crippen LogP contribution is -2.71. The molecular formula is C46H58N8O5S. The van der Waals surface area contributed by atoms with Gasteiger partial charge in [-0.05, 0) is 93.7 Å². The maximum atomic E-state index is 14.4. The van der Waals surface area contributed by atoms with Crippen LogP contribution >= 0.6 is 11.3 Å². The number of benzene rings is 1. The number of hydrazine groups is 1. The van der Waals surface area contributed by atoms with E-state index in [0.29, 0.717) is 25.8 Å². The SMILES string of the molecule is CCn1c(-c2cc(C3=CCN(C)CC3)nnc2[C@H](C)OC)c2c3cc(ccc31)-c1csc(n1)C[C@H](NC(=O)C1[C@@H](C)[C@H]1C)C(=O)N1N[C@H](C(=O)OCC(C)(C)C2)C2CC1C2. The molecule has 8 bridgehead atoms. The number of nitrogens with one attached hydrogen (secondary N) is 2. The van der Waals surface area contributed by atoms with Crippen LogP contribution in [0.3, 0.4) is 0 Å². The zero-order valence-corrected chi connectivity index (χ0v) is 36.9. The highest BCUT2D eigenvalue weighted by Crippen LogP contribution is 2.46. The van der Waals surface area contributed by atoms with Crippen LogP contribution in [0.25, 0.3) is 39.0 Å². The van der Waals surface area contributed by atoms with Crippen molar-refractivity contribution in [3.8, 4) is 22.5 Å². The standard InChI is InChI=1S/C46H58N8O5S/c1-9-53-37-11-10-28-18-31(37)33(42(53)32-19-34(27-12-14-52(7)15-13-27)49-50-40(32)26(4)58-8)21-46(5,6)23-59-45(57)41-29-16-30(17-29)54(51-41)44(56)35(20-38-47-36(28)22-60-38)48-43(55)39-24(2)25(39)3/h10-12,18-19,22,24-26,29-30,35,39,41,51H,9,13-17,20-21,23H2,1-8H3,(H,48,55)/t24-,25+,26-,29?,30?,35-,39?,41-/m0/s1. The summed E-state index contributed by atoms with van der Waals surface area (Å²) in [6.45, 7) is 15.3. The predicted octanol–water partition coefficient (Wildman–Crippen LogP) is 6.22. The van der Waals surface area contributed by atoms with Crippen molar-refractivity contribution in [2.75, 3.05) is 33.9 Å². The average molecular weight is 835 g/mol. The van der Waals surface area contributed by atoms with Gasteiger partial charge in [0.25, 0.3) is 5.91 Å². The lowest BCUT2D eigenvalue weighted by atomic mass is 9.73. The fourth-order valence-electron chi connectivity index (χ4n) is 9.90. The third kappa shape index (κ3) is 7.36. The number of likely N-dealkylation sites (N-methyl/N-ethyl adjacent to an activating group) is 1. The maximum absolute atomic E-state index is 14.4. The molecule has 10 rings (SSSR count). The van der Waals surface area contributed by atoms with Gasteiger partial charge in [-0.2, -0.15) is 10.2 Å². The second-order valence-electron chi connectivity index (χ2n) is 18.7. The number of methoxy groups -OCH3 is 1. The molecule has 2 amide bonds. The summed E-state index contributed by atoms with van der Waals surface area (Å²) in [6.07, 6.45) is 5.09. The number of carbonyl (C=O) groups is 3. The van der Waals surface area contributed by atoms with Gasteiger partial charge < -0.3 is 24.3 Å². The second kappa shape index (κ2) is 15.8. The van der Waals surface area contributed by atoms with Crippen LogP contribution in [-0.4, -0.2) is 99.4 Å². The third-order valence-electron chi connectivity index (χ3n) is 14.0. The molecule has 2 saturated carbocycles. The van der Waals surface area contributed by atoms with Crippen LogP contribution in [0, 0.1) is 29.1 Å². The first kappa shape index (κ1) is 40.9. The normalized spacial score (nSPS) is 28.4. The summed E-state index contributed by atoms with van der Waals surface area (Å²) in [4.78, 5) is 49.4. The quantitative estimate of drug-likeness (QED) is 0.206. The number of cyclic esters (lactones) is 1. The van der Waals surface area contributed by atoms with Gasteiger partial charge in [-0.15, -0.1) is 11.3 Å². The Kier molecular flexibility index (Phi) is 10.7. The fraction of sp³-hybridized carbons (Fsp3) is 0.565. The minimum atomic E-state index is -0.835. The largest absolute Gasteiger partial charge is 0.464 e. The molecule has 1 unspecified atom stereocenters. The first-order valence-corrected chi connectivity index (χ1v) is 22.6. The Morgan fingerprint density at radius 2 is 1.92 bits per heavy atom. The van der Waals surface area contributed by atoms with Gasteiger partial charge in [0.15, 0.2) is 0 Å². The Labute approximate surface area is 356 Å². The van der Waals surface area contributed by atoms with E-state index < -0.39 is 17.5 Å². The first-order valence-electron chi connectivity index (χ1n) is 21.7. The third-order valence-corrected chi connectivity index (χ3v) is 14.9. The molecule has 4 aliphatic heterocycles. The van der Waals surface area contributed by atoms with Crippen molar-refractivity contribution in [3.63, 3.8) is 0 Å². The highest BCUT2D eigenvalue weighted by atomic mass is 32.1. The smallest absolute Gasteiger partial charge is 0.325 e.